The molecular formula is C14H30IN3. The van der Waals surface area contributed by atoms with E-state index in [1.54, 1.807) is 0 Å². The molecule has 1 rings (SSSR count). The molecule has 3 nitrogen and oxygen atoms in total. The van der Waals surface area contributed by atoms with E-state index in [9.17, 15) is 0 Å². The first kappa shape index (κ1) is 18.0. The Morgan fingerprint density at radius 3 is 2.28 bits per heavy atom. The first-order chi connectivity index (χ1) is 8.30. The van der Waals surface area contributed by atoms with E-state index in [0.717, 1.165) is 24.3 Å². The first-order valence-electron chi connectivity index (χ1n) is 7.18. The van der Waals surface area contributed by atoms with E-state index in [-0.39, 0.29) is 24.0 Å². The lowest BCUT2D eigenvalue weighted by Crippen LogP contribution is -2.38. The third-order valence-corrected chi connectivity index (χ3v) is 3.95. The number of guanidine groups is 1. The lowest BCUT2D eigenvalue weighted by Gasteiger charge is -2.28. The summed E-state index contributed by atoms with van der Waals surface area (Å²) in [5.74, 6) is 2.77. The highest BCUT2D eigenvalue weighted by molar-refractivity contribution is 14.0. The number of rotatable bonds is 5. The number of hydrogen-bond donors (Lipinski definition) is 2. The quantitative estimate of drug-likeness (QED) is 0.444. The molecule has 0 aromatic rings. The van der Waals surface area contributed by atoms with Crippen molar-refractivity contribution < 1.29 is 0 Å². The van der Waals surface area contributed by atoms with Crippen LogP contribution in [-0.4, -0.2) is 26.6 Å². The Kier molecular flexibility index (Phi) is 10.9. The van der Waals surface area contributed by atoms with Gasteiger partial charge in [-0.05, 0) is 24.7 Å². The molecule has 108 valence electrons. The van der Waals surface area contributed by atoms with Crippen LogP contribution in [-0.2, 0) is 0 Å². The predicted octanol–water partition coefficient (Wildman–Crippen LogP) is 3.40. The van der Waals surface area contributed by atoms with Gasteiger partial charge in [-0.2, -0.15) is 0 Å². The molecule has 1 aliphatic rings. The molecule has 18 heavy (non-hydrogen) atoms. The molecule has 0 heterocycles. The largest absolute Gasteiger partial charge is 0.359 e. The fraction of sp³-hybridized carbons (Fsp3) is 0.929. The van der Waals surface area contributed by atoms with E-state index in [1.165, 1.54) is 44.9 Å². The Bertz CT molecular complexity index is 223. The third kappa shape index (κ3) is 6.81. The van der Waals surface area contributed by atoms with Gasteiger partial charge in [0, 0.05) is 20.6 Å². The molecule has 0 bridgehead atoms. The van der Waals surface area contributed by atoms with Crippen LogP contribution in [0.2, 0.25) is 0 Å². The summed E-state index contributed by atoms with van der Waals surface area (Å²) in [6.07, 6.45) is 9.87. The highest BCUT2D eigenvalue weighted by Crippen LogP contribution is 2.31. The smallest absolute Gasteiger partial charge is 0.190 e. The Morgan fingerprint density at radius 1 is 1.17 bits per heavy atom. The van der Waals surface area contributed by atoms with Crippen LogP contribution in [0.5, 0.6) is 0 Å². The third-order valence-electron chi connectivity index (χ3n) is 3.95. The summed E-state index contributed by atoms with van der Waals surface area (Å²) in [5, 5.41) is 6.45. The van der Waals surface area contributed by atoms with Crippen LogP contribution in [0.15, 0.2) is 4.99 Å². The van der Waals surface area contributed by atoms with Gasteiger partial charge in [-0.25, -0.2) is 0 Å². The van der Waals surface area contributed by atoms with Crippen molar-refractivity contribution in [2.24, 2.45) is 16.8 Å². The number of halogens is 1. The summed E-state index contributed by atoms with van der Waals surface area (Å²) in [6, 6.07) is 0. The highest BCUT2D eigenvalue weighted by atomic mass is 127. The molecule has 0 aromatic heterocycles. The zero-order valence-corrected chi connectivity index (χ0v) is 14.5. The van der Waals surface area contributed by atoms with Crippen LogP contribution in [0.4, 0.5) is 0 Å². The second kappa shape index (κ2) is 10.9. The molecule has 0 atom stereocenters. The molecule has 1 fully saturated rings. The van der Waals surface area contributed by atoms with Crippen LogP contribution in [0.3, 0.4) is 0 Å². The van der Waals surface area contributed by atoms with E-state index in [4.69, 9.17) is 0 Å². The van der Waals surface area contributed by atoms with Crippen molar-refractivity contribution in [1.29, 1.82) is 0 Å². The Morgan fingerprint density at radius 2 is 1.78 bits per heavy atom. The van der Waals surface area contributed by atoms with E-state index in [0.29, 0.717) is 0 Å². The van der Waals surface area contributed by atoms with Gasteiger partial charge in [0.1, 0.15) is 0 Å². The van der Waals surface area contributed by atoms with Gasteiger partial charge < -0.3 is 10.6 Å². The lowest BCUT2D eigenvalue weighted by atomic mass is 9.80. The van der Waals surface area contributed by atoms with Gasteiger partial charge in [0.05, 0.1) is 0 Å². The Balaban J connectivity index is 0.00000289. The van der Waals surface area contributed by atoms with Gasteiger partial charge in [-0.15, -0.1) is 24.0 Å². The van der Waals surface area contributed by atoms with Gasteiger partial charge in [0.15, 0.2) is 5.96 Å². The summed E-state index contributed by atoms with van der Waals surface area (Å²) >= 11 is 0. The Labute approximate surface area is 130 Å². The summed E-state index contributed by atoms with van der Waals surface area (Å²) in [6.45, 7) is 3.37. The van der Waals surface area contributed by atoms with Gasteiger partial charge in [0.25, 0.3) is 0 Å². The monoisotopic (exact) mass is 367 g/mol. The fourth-order valence-electron chi connectivity index (χ4n) is 2.74. The minimum Gasteiger partial charge on any atom is -0.359 e. The van der Waals surface area contributed by atoms with Crippen LogP contribution in [0, 0.1) is 11.8 Å². The van der Waals surface area contributed by atoms with E-state index in [1.807, 2.05) is 14.1 Å². The number of nitrogens with zero attached hydrogens (tertiary/aromatic N) is 1. The predicted molar refractivity (Wildman–Crippen MR) is 90.8 cm³/mol. The fourth-order valence-corrected chi connectivity index (χ4v) is 2.74. The number of unbranched alkanes of at least 4 members (excludes halogenated alkanes) is 1. The maximum atomic E-state index is 4.14. The van der Waals surface area contributed by atoms with Gasteiger partial charge in [0.2, 0.25) is 0 Å². The summed E-state index contributed by atoms with van der Waals surface area (Å²) in [4.78, 5) is 4.14. The molecule has 0 aliphatic heterocycles. The average molecular weight is 367 g/mol. The summed E-state index contributed by atoms with van der Waals surface area (Å²) in [7, 11) is 3.73. The minimum atomic E-state index is 0. The van der Waals surface area contributed by atoms with Crippen LogP contribution >= 0.6 is 24.0 Å². The average Bonchev–Trinajstić information content (AvgIpc) is 2.39. The normalized spacial score (nSPS) is 24.3. The van der Waals surface area contributed by atoms with Crippen molar-refractivity contribution in [3.8, 4) is 0 Å². The molecule has 1 saturated carbocycles. The lowest BCUT2D eigenvalue weighted by molar-refractivity contribution is 0.259. The molecule has 4 heteroatoms. The second-order valence-corrected chi connectivity index (χ2v) is 5.23. The maximum Gasteiger partial charge on any atom is 0.190 e. The minimum absolute atomic E-state index is 0. The van der Waals surface area contributed by atoms with Gasteiger partial charge in [-0.3, -0.25) is 4.99 Å². The van der Waals surface area contributed by atoms with Crippen LogP contribution in [0.25, 0.3) is 0 Å². The van der Waals surface area contributed by atoms with Gasteiger partial charge >= 0.3 is 0 Å². The first-order valence-corrected chi connectivity index (χ1v) is 7.18. The summed E-state index contributed by atoms with van der Waals surface area (Å²) in [5.41, 5.74) is 0. The molecule has 1 aliphatic carbocycles. The van der Waals surface area contributed by atoms with Crippen molar-refractivity contribution in [2.45, 2.75) is 51.9 Å². The SMILES string of the molecule is CCCCC1CCC(CNC(=NC)NC)CC1.I. The molecule has 0 spiro atoms. The molecule has 0 amide bonds. The van der Waals surface area contributed by atoms with E-state index >= 15 is 0 Å². The maximum absolute atomic E-state index is 4.14. The number of hydrogen-bond acceptors (Lipinski definition) is 1. The number of nitrogens with one attached hydrogen (secondary N) is 2. The van der Waals surface area contributed by atoms with Crippen molar-refractivity contribution >= 4 is 29.9 Å². The van der Waals surface area contributed by atoms with E-state index < -0.39 is 0 Å². The molecule has 0 saturated heterocycles. The van der Waals surface area contributed by atoms with E-state index in [2.05, 4.69) is 22.5 Å². The standard InChI is InChI=1S/C14H29N3.HI/c1-4-5-6-12-7-9-13(10-8-12)11-17-14(15-2)16-3;/h12-13H,4-11H2,1-3H3,(H2,15,16,17);1H. The molecular weight excluding hydrogens is 337 g/mol. The summed E-state index contributed by atoms with van der Waals surface area (Å²) < 4.78 is 0. The molecule has 2 N–H and O–H groups in total. The highest BCUT2D eigenvalue weighted by Gasteiger charge is 2.20. The van der Waals surface area contributed by atoms with Gasteiger partial charge in [-0.1, -0.05) is 39.0 Å². The van der Waals surface area contributed by atoms with Crippen LogP contribution in [0.1, 0.15) is 51.9 Å². The Hall–Kier alpha value is 0. The molecule has 0 unspecified atom stereocenters. The van der Waals surface area contributed by atoms with Crippen molar-refractivity contribution in [3.63, 3.8) is 0 Å². The van der Waals surface area contributed by atoms with Crippen molar-refractivity contribution in [1.82, 2.24) is 10.6 Å². The zero-order valence-electron chi connectivity index (χ0n) is 12.2. The topological polar surface area (TPSA) is 36.4 Å². The number of aliphatic imine (C=N–C) groups is 1. The second-order valence-electron chi connectivity index (χ2n) is 5.23. The molecule has 0 radical (unpaired) electrons. The zero-order chi connectivity index (χ0) is 12.5. The van der Waals surface area contributed by atoms with Crippen molar-refractivity contribution in [3.05, 3.63) is 0 Å². The van der Waals surface area contributed by atoms with Crippen molar-refractivity contribution in [2.75, 3.05) is 20.6 Å². The molecule has 0 aromatic carbocycles. The van der Waals surface area contributed by atoms with Crippen LogP contribution < -0.4 is 10.6 Å².